The standard InChI is InChI=1S/C16H17N5O2/c1-10(18-15(22)13-6-8-21(3)11(13)2)16-19-14(20-23-16)12-5-4-7-17-9-12/h4-10H,1-3H3,(H,18,22). The average Bonchev–Trinajstić information content (AvgIpc) is 3.16. The van der Waals surface area contributed by atoms with E-state index in [1.54, 1.807) is 31.5 Å². The molecule has 3 rings (SSSR count). The summed E-state index contributed by atoms with van der Waals surface area (Å²) in [6, 6.07) is 5.04. The first-order valence-corrected chi connectivity index (χ1v) is 7.23. The highest BCUT2D eigenvalue weighted by molar-refractivity contribution is 5.95. The number of carbonyl (C=O) groups is 1. The van der Waals surface area contributed by atoms with Crippen LogP contribution in [0.2, 0.25) is 0 Å². The molecular formula is C16H17N5O2. The average molecular weight is 311 g/mol. The van der Waals surface area contributed by atoms with Crippen LogP contribution in [0.15, 0.2) is 41.3 Å². The van der Waals surface area contributed by atoms with Crippen molar-refractivity contribution in [2.24, 2.45) is 7.05 Å². The van der Waals surface area contributed by atoms with Gasteiger partial charge in [0.05, 0.1) is 5.56 Å². The molecule has 0 aliphatic carbocycles. The van der Waals surface area contributed by atoms with Crippen LogP contribution < -0.4 is 5.32 Å². The van der Waals surface area contributed by atoms with Crippen molar-refractivity contribution in [2.75, 3.05) is 0 Å². The van der Waals surface area contributed by atoms with Crippen LogP contribution in [0, 0.1) is 6.92 Å². The minimum absolute atomic E-state index is 0.170. The summed E-state index contributed by atoms with van der Waals surface area (Å²) in [5.74, 6) is 0.632. The van der Waals surface area contributed by atoms with Crippen molar-refractivity contribution in [1.82, 2.24) is 25.0 Å². The van der Waals surface area contributed by atoms with E-state index in [0.717, 1.165) is 11.3 Å². The monoisotopic (exact) mass is 311 g/mol. The third kappa shape index (κ3) is 2.98. The predicted molar refractivity (Wildman–Crippen MR) is 83.6 cm³/mol. The maximum absolute atomic E-state index is 12.3. The second kappa shape index (κ2) is 6.04. The van der Waals surface area contributed by atoms with Gasteiger partial charge in [0.25, 0.3) is 5.91 Å². The lowest BCUT2D eigenvalue weighted by Crippen LogP contribution is -2.27. The van der Waals surface area contributed by atoms with Crippen molar-refractivity contribution in [2.45, 2.75) is 19.9 Å². The van der Waals surface area contributed by atoms with E-state index < -0.39 is 0 Å². The lowest BCUT2D eigenvalue weighted by atomic mass is 10.2. The summed E-state index contributed by atoms with van der Waals surface area (Å²) in [7, 11) is 1.90. The van der Waals surface area contributed by atoms with Gasteiger partial charge in [0, 0.05) is 36.9 Å². The van der Waals surface area contributed by atoms with Gasteiger partial charge in [-0.3, -0.25) is 9.78 Å². The number of pyridine rings is 1. The van der Waals surface area contributed by atoms with Crippen LogP contribution in [0.5, 0.6) is 0 Å². The molecule has 0 spiro atoms. The quantitative estimate of drug-likeness (QED) is 0.799. The van der Waals surface area contributed by atoms with E-state index in [1.165, 1.54) is 0 Å². The highest BCUT2D eigenvalue weighted by Crippen LogP contribution is 2.18. The van der Waals surface area contributed by atoms with E-state index in [2.05, 4.69) is 20.4 Å². The van der Waals surface area contributed by atoms with Gasteiger partial charge in [0.2, 0.25) is 11.7 Å². The van der Waals surface area contributed by atoms with Crippen molar-refractivity contribution >= 4 is 5.91 Å². The number of nitrogens with one attached hydrogen (secondary N) is 1. The van der Waals surface area contributed by atoms with Crippen LogP contribution in [0.3, 0.4) is 0 Å². The number of rotatable bonds is 4. The van der Waals surface area contributed by atoms with Crippen LogP contribution in [-0.2, 0) is 7.05 Å². The molecule has 3 heterocycles. The highest BCUT2D eigenvalue weighted by Gasteiger charge is 2.19. The fourth-order valence-electron chi connectivity index (χ4n) is 2.21. The Kier molecular flexibility index (Phi) is 3.92. The van der Waals surface area contributed by atoms with E-state index in [4.69, 9.17) is 4.52 Å². The van der Waals surface area contributed by atoms with Crippen LogP contribution in [-0.4, -0.2) is 25.6 Å². The van der Waals surface area contributed by atoms with Crippen molar-refractivity contribution < 1.29 is 9.32 Å². The Labute approximate surface area is 133 Å². The van der Waals surface area contributed by atoms with Gasteiger partial charge < -0.3 is 14.4 Å². The highest BCUT2D eigenvalue weighted by atomic mass is 16.5. The van der Waals surface area contributed by atoms with Gasteiger partial charge in [-0.2, -0.15) is 4.98 Å². The molecule has 0 fully saturated rings. The number of aryl methyl sites for hydroxylation is 1. The molecule has 0 aliphatic rings. The molecule has 0 bridgehead atoms. The van der Waals surface area contributed by atoms with Crippen LogP contribution in [0.25, 0.3) is 11.4 Å². The Bertz CT molecular complexity index is 822. The number of aromatic nitrogens is 4. The topological polar surface area (TPSA) is 85.8 Å². The second-order valence-corrected chi connectivity index (χ2v) is 5.32. The van der Waals surface area contributed by atoms with E-state index in [0.29, 0.717) is 17.3 Å². The number of hydrogen-bond donors (Lipinski definition) is 1. The molecule has 3 aromatic heterocycles. The molecule has 118 valence electrons. The fourth-order valence-corrected chi connectivity index (χ4v) is 2.21. The van der Waals surface area contributed by atoms with E-state index in [9.17, 15) is 4.79 Å². The zero-order chi connectivity index (χ0) is 16.4. The molecule has 0 radical (unpaired) electrons. The Morgan fingerprint density at radius 2 is 2.22 bits per heavy atom. The third-order valence-corrected chi connectivity index (χ3v) is 3.71. The van der Waals surface area contributed by atoms with Crippen LogP contribution in [0.1, 0.15) is 34.9 Å². The van der Waals surface area contributed by atoms with Crippen molar-refractivity contribution in [3.8, 4) is 11.4 Å². The summed E-state index contributed by atoms with van der Waals surface area (Å²) in [5, 5.41) is 6.79. The molecule has 3 aromatic rings. The molecular weight excluding hydrogens is 294 g/mol. The molecule has 1 amide bonds. The third-order valence-electron chi connectivity index (χ3n) is 3.71. The van der Waals surface area contributed by atoms with E-state index >= 15 is 0 Å². The van der Waals surface area contributed by atoms with E-state index in [1.807, 2.05) is 30.8 Å². The largest absolute Gasteiger partial charge is 0.354 e. The maximum Gasteiger partial charge on any atom is 0.253 e. The van der Waals surface area contributed by atoms with Gasteiger partial charge in [0.15, 0.2) is 0 Å². The lowest BCUT2D eigenvalue weighted by molar-refractivity contribution is 0.0932. The first-order chi connectivity index (χ1) is 11.1. The Balaban J connectivity index is 1.74. The molecule has 0 saturated heterocycles. The number of carbonyl (C=O) groups excluding carboxylic acids is 1. The van der Waals surface area contributed by atoms with Crippen LogP contribution in [0.4, 0.5) is 0 Å². The van der Waals surface area contributed by atoms with Crippen molar-refractivity contribution in [3.63, 3.8) is 0 Å². The zero-order valence-corrected chi connectivity index (χ0v) is 13.1. The molecule has 7 nitrogen and oxygen atoms in total. The van der Waals surface area contributed by atoms with Crippen LogP contribution >= 0.6 is 0 Å². The molecule has 0 aromatic carbocycles. The molecule has 1 atom stereocenters. The normalized spacial score (nSPS) is 12.1. The molecule has 1 N–H and O–H groups in total. The fraction of sp³-hybridized carbons (Fsp3) is 0.250. The van der Waals surface area contributed by atoms with Gasteiger partial charge in [-0.1, -0.05) is 5.16 Å². The first-order valence-electron chi connectivity index (χ1n) is 7.23. The summed E-state index contributed by atoms with van der Waals surface area (Å²) < 4.78 is 7.14. The van der Waals surface area contributed by atoms with Gasteiger partial charge >= 0.3 is 0 Å². The predicted octanol–water partition coefficient (Wildman–Crippen LogP) is 2.27. The zero-order valence-electron chi connectivity index (χ0n) is 13.1. The van der Waals surface area contributed by atoms with Gasteiger partial charge in [-0.25, -0.2) is 0 Å². The Hall–Kier alpha value is -2.96. The summed E-state index contributed by atoms with van der Waals surface area (Å²) in [5.41, 5.74) is 2.29. The summed E-state index contributed by atoms with van der Waals surface area (Å²) in [6.07, 6.45) is 5.18. The van der Waals surface area contributed by atoms with E-state index in [-0.39, 0.29) is 11.9 Å². The maximum atomic E-state index is 12.3. The second-order valence-electron chi connectivity index (χ2n) is 5.32. The SMILES string of the molecule is Cc1c(C(=O)NC(C)c2nc(-c3cccnc3)no2)ccn1C. The Morgan fingerprint density at radius 1 is 1.39 bits per heavy atom. The smallest absolute Gasteiger partial charge is 0.253 e. The summed E-state index contributed by atoms with van der Waals surface area (Å²) >= 11 is 0. The lowest BCUT2D eigenvalue weighted by Gasteiger charge is -2.09. The number of hydrogen-bond acceptors (Lipinski definition) is 5. The van der Waals surface area contributed by atoms with Gasteiger partial charge in [0.1, 0.15) is 6.04 Å². The molecule has 1 unspecified atom stereocenters. The summed E-state index contributed by atoms with van der Waals surface area (Å²) in [6.45, 7) is 3.70. The van der Waals surface area contributed by atoms with Crippen molar-refractivity contribution in [3.05, 3.63) is 53.9 Å². The molecule has 7 heteroatoms. The van der Waals surface area contributed by atoms with Gasteiger partial charge in [-0.15, -0.1) is 0 Å². The minimum atomic E-state index is -0.389. The van der Waals surface area contributed by atoms with Crippen molar-refractivity contribution in [1.29, 1.82) is 0 Å². The number of amides is 1. The number of nitrogens with zero attached hydrogens (tertiary/aromatic N) is 4. The first kappa shape index (κ1) is 15.0. The molecule has 23 heavy (non-hydrogen) atoms. The molecule has 0 aliphatic heterocycles. The minimum Gasteiger partial charge on any atom is -0.354 e. The molecule has 0 saturated carbocycles. The van der Waals surface area contributed by atoms with Gasteiger partial charge in [-0.05, 0) is 32.0 Å². The summed E-state index contributed by atoms with van der Waals surface area (Å²) in [4.78, 5) is 20.7. The Morgan fingerprint density at radius 3 is 2.87 bits per heavy atom.